The standard InChI is InChI=1S/C9H15NO/c1-3-8-6-10-7(2)4-5-9(8)11/h8H,3-6H2,1-2H3. The molecular weight excluding hydrogens is 138 g/mol. The molecule has 1 atom stereocenters. The molecule has 0 aromatic carbocycles. The zero-order valence-corrected chi connectivity index (χ0v) is 7.26. The van der Waals surface area contributed by atoms with E-state index < -0.39 is 0 Å². The van der Waals surface area contributed by atoms with E-state index in [1.807, 2.05) is 6.92 Å². The molecule has 1 aliphatic heterocycles. The van der Waals surface area contributed by atoms with Crippen molar-refractivity contribution in [3.8, 4) is 0 Å². The summed E-state index contributed by atoms with van der Waals surface area (Å²) in [6.07, 6.45) is 2.51. The molecule has 0 aromatic rings. The topological polar surface area (TPSA) is 29.4 Å². The van der Waals surface area contributed by atoms with E-state index in [0.29, 0.717) is 12.2 Å². The minimum absolute atomic E-state index is 0.201. The van der Waals surface area contributed by atoms with E-state index in [4.69, 9.17) is 0 Å². The molecule has 0 aromatic heterocycles. The first-order valence-electron chi connectivity index (χ1n) is 4.26. The first kappa shape index (κ1) is 8.44. The van der Waals surface area contributed by atoms with Gasteiger partial charge in [0.05, 0.1) is 0 Å². The molecule has 1 rings (SSSR count). The zero-order valence-electron chi connectivity index (χ0n) is 7.26. The third kappa shape index (κ3) is 2.14. The third-order valence-electron chi connectivity index (χ3n) is 2.26. The maximum absolute atomic E-state index is 11.3. The van der Waals surface area contributed by atoms with Crippen molar-refractivity contribution in [1.29, 1.82) is 0 Å². The van der Waals surface area contributed by atoms with Crippen LogP contribution in [0.15, 0.2) is 4.99 Å². The Kier molecular flexibility index (Phi) is 2.80. The van der Waals surface area contributed by atoms with Crippen LogP contribution in [0.5, 0.6) is 0 Å². The molecule has 1 aliphatic rings. The molecule has 0 fully saturated rings. The summed E-state index contributed by atoms with van der Waals surface area (Å²) in [7, 11) is 0. The van der Waals surface area contributed by atoms with Crippen molar-refractivity contribution in [1.82, 2.24) is 0 Å². The Hall–Kier alpha value is -0.660. The Balaban J connectivity index is 2.60. The van der Waals surface area contributed by atoms with Gasteiger partial charge in [0.15, 0.2) is 0 Å². The molecule has 0 amide bonds. The van der Waals surface area contributed by atoms with Crippen LogP contribution in [0.4, 0.5) is 0 Å². The van der Waals surface area contributed by atoms with E-state index in [-0.39, 0.29) is 5.92 Å². The lowest BCUT2D eigenvalue weighted by molar-refractivity contribution is -0.122. The van der Waals surface area contributed by atoms with Gasteiger partial charge >= 0.3 is 0 Å². The van der Waals surface area contributed by atoms with Crippen LogP contribution in [0.3, 0.4) is 0 Å². The third-order valence-corrected chi connectivity index (χ3v) is 2.26. The molecule has 0 N–H and O–H groups in total. The number of ketones is 1. The van der Waals surface area contributed by atoms with Crippen molar-refractivity contribution in [3.63, 3.8) is 0 Å². The fourth-order valence-electron chi connectivity index (χ4n) is 1.31. The van der Waals surface area contributed by atoms with Gasteiger partial charge in [0.25, 0.3) is 0 Å². The first-order chi connectivity index (χ1) is 5.24. The van der Waals surface area contributed by atoms with Crippen molar-refractivity contribution < 1.29 is 4.79 Å². The van der Waals surface area contributed by atoms with Crippen LogP contribution in [0.2, 0.25) is 0 Å². The quantitative estimate of drug-likeness (QED) is 0.565. The lowest BCUT2D eigenvalue weighted by atomic mass is 9.99. The van der Waals surface area contributed by atoms with Crippen molar-refractivity contribution in [2.24, 2.45) is 10.9 Å². The van der Waals surface area contributed by atoms with Crippen LogP contribution in [-0.4, -0.2) is 18.0 Å². The zero-order chi connectivity index (χ0) is 8.27. The molecular formula is C9H15NO. The highest BCUT2D eigenvalue weighted by Gasteiger charge is 2.18. The highest BCUT2D eigenvalue weighted by atomic mass is 16.1. The first-order valence-corrected chi connectivity index (χ1v) is 4.26. The van der Waals surface area contributed by atoms with Crippen LogP contribution < -0.4 is 0 Å². The highest BCUT2D eigenvalue weighted by molar-refractivity contribution is 5.90. The van der Waals surface area contributed by atoms with E-state index in [0.717, 1.165) is 25.1 Å². The predicted molar refractivity (Wildman–Crippen MR) is 46.0 cm³/mol. The summed E-state index contributed by atoms with van der Waals surface area (Å²) in [6, 6.07) is 0. The Morgan fingerprint density at radius 3 is 2.91 bits per heavy atom. The van der Waals surface area contributed by atoms with Crippen LogP contribution >= 0.6 is 0 Å². The molecule has 1 unspecified atom stereocenters. The average molecular weight is 153 g/mol. The minimum Gasteiger partial charge on any atom is -0.299 e. The molecule has 0 spiro atoms. The highest BCUT2D eigenvalue weighted by Crippen LogP contribution is 2.13. The molecule has 2 nitrogen and oxygen atoms in total. The van der Waals surface area contributed by atoms with E-state index in [2.05, 4.69) is 11.9 Å². The van der Waals surface area contributed by atoms with E-state index in [9.17, 15) is 4.79 Å². The predicted octanol–water partition coefficient (Wildman–Crippen LogP) is 1.84. The summed E-state index contributed by atoms with van der Waals surface area (Å²) in [5.74, 6) is 0.598. The van der Waals surface area contributed by atoms with E-state index >= 15 is 0 Å². The number of hydrogen-bond donors (Lipinski definition) is 0. The minimum atomic E-state index is 0.201. The molecule has 0 bridgehead atoms. The normalized spacial score (nSPS) is 26.2. The number of carbonyl (C=O) groups is 1. The van der Waals surface area contributed by atoms with Gasteiger partial charge in [0.2, 0.25) is 0 Å². The maximum Gasteiger partial charge on any atom is 0.138 e. The number of Topliss-reactive ketones (excluding diaryl/α,β-unsaturated/α-hetero) is 1. The monoisotopic (exact) mass is 153 g/mol. The van der Waals surface area contributed by atoms with Crippen LogP contribution in [0, 0.1) is 5.92 Å². The smallest absolute Gasteiger partial charge is 0.138 e. The lowest BCUT2D eigenvalue weighted by Gasteiger charge is -2.06. The van der Waals surface area contributed by atoms with Gasteiger partial charge in [-0.1, -0.05) is 6.92 Å². The van der Waals surface area contributed by atoms with E-state index in [1.54, 1.807) is 0 Å². The molecule has 62 valence electrons. The molecule has 2 heteroatoms. The number of aliphatic imine (C=N–C) groups is 1. The van der Waals surface area contributed by atoms with Gasteiger partial charge in [-0.05, 0) is 19.8 Å². The number of rotatable bonds is 1. The Labute approximate surface area is 67.7 Å². The van der Waals surface area contributed by atoms with Gasteiger partial charge in [-0.25, -0.2) is 0 Å². The second kappa shape index (κ2) is 3.65. The summed E-state index contributed by atoms with van der Waals surface area (Å²) in [6.45, 7) is 4.78. The molecule has 1 heterocycles. The second-order valence-electron chi connectivity index (χ2n) is 3.15. The maximum atomic E-state index is 11.3. The molecule has 11 heavy (non-hydrogen) atoms. The Bertz CT molecular complexity index is 184. The fraction of sp³-hybridized carbons (Fsp3) is 0.778. The van der Waals surface area contributed by atoms with Crippen molar-refractivity contribution in [3.05, 3.63) is 0 Å². The Morgan fingerprint density at radius 1 is 1.55 bits per heavy atom. The molecule has 0 saturated carbocycles. The molecule has 0 saturated heterocycles. The van der Waals surface area contributed by atoms with Gasteiger partial charge in [0, 0.05) is 24.6 Å². The van der Waals surface area contributed by atoms with Gasteiger partial charge in [-0.3, -0.25) is 9.79 Å². The second-order valence-corrected chi connectivity index (χ2v) is 3.15. The summed E-state index contributed by atoms with van der Waals surface area (Å²) in [4.78, 5) is 15.6. The van der Waals surface area contributed by atoms with Gasteiger partial charge in [-0.15, -0.1) is 0 Å². The summed E-state index contributed by atoms with van der Waals surface area (Å²) in [5.41, 5.74) is 1.13. The van der Waals surface area contributed by atoms with Crippen molar-refractivity contribution >= 4 is 11.5 Å². The largest absolute Gasteiger partial charge is 0.299 e. The van der Waals surface area contributed by atoms with Crippen LogP contribution in [0.25, 0.3) is 0 Å². The Morgan fingerprint density at radius 2 is 2.27 bits per heavy atom. The fourth-order valence-corrected chi connectivity index (χ4v) is 1.31. The van der Waals surface area contributed by atoms with Crippen molar-refractivity contribution in [2.45, 2.75) is 33.1 Å². The SMILES string of the molecule is CCC1CN=C(C)CCC1=O. The van der Waals surface area contributed by atoms with E-state index in [1.165, 1.54) is 0 Å². The molecule has 0 aliphatic carbocycles. The van der Waals surface area contributed by atoms with Crippen molar-refractivity contribution in [2.75, 3.05) is 6.54 Å². The molecule has 0 radical (unpaired) electrons. The summed E-state index contributed by atoms with van der Waals surface area (Å²) >= 11 is 0. The lowest BCUT2D eigenvalue weighted by Crippen LogP contribution is -2.14. The van der Waals surface area contributed by atoms with Gasteiger partial charge in [-0.2, -0.15) is 0 Å². The van der Waals surface area contributed by atoms with Gasteiger partial charge < -0.3 is 0 Å². The van der Waals surface area contributed by atoms with Gasteiger partial charge in [0.1, 0.15) is 5.78 Å². The average Bonchev–Trinajstić information content (AvgIpc) is 2.15. The number of carbonyl (C=O) groups excluding carboxylic acids is 1. The van der Waals surface area contributed by atoms with Crippen LogP contribution in [0.1, 0.15) is 33.1 Å². The number of hydrogen-bond acceptors (Lipinski definition) is 2. The van der Waals surface area contributed by atoms with Crippen LogP contribution in [-0.2, 0) is 4.79 Å². The summed E-state index contributed by atoms with van der Waals surface area (Å²) in [5, 5.41) is 0. The number of nitrogens with zero attached hydrogens (tertiary/aromatic N) is 1. The summed E-state index contributed by atoms with van der Waals surface area (Å²) < 4.78 is 0.